The number of amides is 1. The van der Waals surface area contributed by atoms with E-state index in [1.54, 1.807) is 18.6 Å². The third kappa shape index (κ3) is 4.94. The zero-order valence-corrected chi connectivity index (χ0v) is 16.6. The van der Waals surface area contributed by atoms with E-state index in [0.29, 0.717) is 12.2 Å². The van der Waals surface area contributed by atoms with Gasteiger partial charge >= 0.3 is 0 Å². The number of rotatable bonds is 10. The van der Waals surface area contributed by atoms with Crippen LogP contribution >= 0.6 is 0 Å². The van der Waals surface area contributed by atoms with Crippen molar-refractivity contribution in [2.45, 2.75) is 19.9 Å². The summed E-state index contributed by atoms with van der Waals surface area (Å²) in [6, 6.07) is 5.12. The highest BCUT2D eigenvalue weighted by molar-refractivity contribution is 6.07. The van der Waals surface area contributed by atoms with Crippen molar-refractivity contribution < 1.29 is 4.79 Å². The molecule has 3 rings (SSSR count). The monoisotopic (exact) mass is 394 g/mol. The first-order valence-electron chi connectivity index (χ1n) is 9.67. The van der Waals surface area contributed by atoms with Crippen LogP contribution in [-0.4, -0.2) is 75.9 Å². The number of aromatic nitrogens is 4. The van der Waals surface area contributed by atoms with Gasteiger partial charge in [0.1, 0.15) is 0 Å². The smallest absolute Gasteiger partial charge is 0.273 e. The predicted octanol–water partition coefficient (Wildman–Crippen LogP) is 2.11. The van der Waals surface area contributed by atoms with Gasteiger partial charge in [-0.05, 0) is 30.8 Å². The maximum Gasteiger partial charge on any atom is 0.273 e. The molecule has 3 aromatic rings. The summed E-state index contributed by atoms with van der Waals surface area (Å²) in [5, 5.41) is 24.9. The standard InChI is InChI=1S/C20H26N8O/c1-3-28(4-2)8-7-22-13-16(10-21)25-20(29)19-17-6-5-14(9-18(17)26-27-19)15-11-23-24-12-15/h5-6,9-13,16,21H,3-4,7-8H2,1-2H3,(H,23,24)(H,25,29)(H,26,27). The number of hydrogen-bond acceptors (Lipinski definition) is 6. The van der Waals surface area contributed by atoms with Crippen LogP contribution in [0.1, 0.15) is 24.3 Å². The van der Waals surface area contributed by atoms with Crippen LogP contribution in [0.15, 0.2) is 35.6 Å². The molecule has 0 saturated carbocycles. The van der Waals surface area contributed by atoms with Crippen LogP contribution in [0.25, 0.3) is 22.0 Å². The van der Waals surface area contributed by atoms with E-state index in [4.69, 9.17) is 5.41 Å². The molecule has 1 amide bonds. The predicted molar refractivity (Wildman–Crippen MR) is 115 cm³/mol. The number of H-pyrrole nitrogens is 2. The fourth-order valence-electron chi connectivity index (χ4n) is 3.05. The van der Waals surface area contributed by atoms with Gasteiger partial charge in [0, 0.05) is 36.1 Å². The minimum atomic E-state index is -0.573. The molecule has 1 aromatic carbocycles. The fraction of sp³-hybridized carbons (Fsp3) is 0.350. The Morgan fingerprint density at radius 3 is 2.86 bits per heavy atom. The summed E-state index contributed by atoms with van der Waals surface area (Å²) in [7, 11) is 0. The van der Waals surface area contributed by atoms with Crippen LogP contribution in [0.2, 0.25) is 0 Å². The molecular formula is C20H26N8O. The van der Waals surface area contributed by atoms with Crippen molar-refractivity contribution in [3.05, 3.63) is 36.3 Å². The lowest BCUT2D eigenvalue weighted by molar-refractivity contribution is 0.0951. The number of fused-ring (bicyclic) bond motifs is 1. The maximum atomic E-state index is 12.7. The van der Waals surface area contributed by atoms with Crippen LogP contribution in [0.5, 0.6) is 0 Å². The summed E-state index contributed by atoms with van der Waals surface area (Å²) in [5.41, 5.74) is 2.98. The Kier molecular flexibility index (Phi) is 6.85. The van der Waals surface area contributed by atoms with E-state index in [1.807, 2.05) is 18.2 Å². The van der Waals surface area contributed by atoms with E-state index in [-0.39, 0.29) is 5.91 Å². The first-order valence-corrected chi connectivity index (χ1v) is 9.67. The SMILES string of the molecule is CCN(CC)CCN=CC(C=N)NC(=O)c1n[nH]c2cc(-c3cn[nH]c3)ccc12. The highest BCUT2D eigenvalue weighted by atomic mass is 16.2. The van der Waals surface area contributed by atoms with Crippen LogP contribution < -0.4 is 5.32 Å². The zero-order chi connectivity index (χ0) is 20.6. The largest absolute Gasteiger partial charge is 0.338 e. The number of likely N-dealkylation sites (N-methyl/N-ethyl adjacent to an activating group) is 1. The minimum absolute atomic E-state index is 0.294. The molecule has 0 fully saturated rings. The lowest BCUT2D eigenvalue weighted by Crippen LogP contribution is -2.37. The van der Waals surface area contributed by atoms with Gasteiger partial charge in [0.2, 0.25) is 0 Å². The lowest BCUT2D eigenvalue weighted by atomic mass is 10.1. The number of aromatic amines is 2. The molecule has 2 aromatic heterocycles. The summed E-state index contributed by atoms with van der Waals surface area (Å²) in [5.74, 6) is -0.351. The molecule has 152 valence electrons. The Morgan fingerprint density at radius 1 is 1.34 bits per heavy atom. The highest BCUT2D eigenvalue weighted by Crippen LogP contribution is 2.24. The van der Waals surface area contributed by atoms with Gasteiger partial charge in [-0.2, -0.15) is 10.2 Å². The van der Waals surface area contributed by atoms with Gasteiger partial charge in [0.15, 0.2) is 5.69 Å². The molecule has 29 heavy (non-hydrogen) atoms. The van der Waals surface area contributed by atoms with E-state index in [1.165, 1.54) is 0 Å². The molecule has 0 radical (unpaired) electrons. The Bertz CT molecular complexity index is 972. The average molecular weight is 394 g/mol. The second kappa shape index (κ2) is 9.74. The number of benzene rings is 1. The van der Waals surface area contributed by atoms with Gasteiger partial charge in [0.05, 0.1) is 24.3 Å². The molecule has 1 atom stereocenters. The highest BCUT2D eigenvalue weighted by Gasteiger charge is 2.17. The summed E-state index contributed by atoms with van der Waals surface area (Å²) >= 11 is 0. The number of hydrogen-bond donors (Lipinski definition) is 4. The van der Waals surface area contributed by atoms with Crippen molar-refractivity contribution in [2.24, 2.45) is 4.99 Å². The van der Waals surface area contributed by atoms with Crippen molar-refractivity contribution in [2.75, 3.05) is 26.2 Å². The fourth-order valence-corrected chi connectivity index (χ4v) is 3.05. The number of nitrogens with zero attached hydrogens (tertiary/aromatic N) is 4. The zero-order valence-electron chi connectivity index (χ0n) is 16.6. The van der Waals surface area contributed by atoms with Gasteiger partial charge < -0.3 is 15.6 Å². The molecular weight excluding hydrogens is 368 g/mol. The Hall–Kier alpha value is -3.33. The quantitative estimate of drug-likeness (QED) is 0.393. The molecule has 0 saturated heterocycles. The van der Waals surface area contributed by atoms with Crippen LogP contribution in [0.4, 0.5) is 0 Å². The number of carbonyl (C=O) groups is 1. The summed E-state index contributed by atoms with van der Waals surface area (Å²) in [6.07, 6.45) is 6.30. The van der Waals surface area contributed by atoms with Gasteiger partial charge in [-0.15, -0.1) is 0 Å². The molecule has 0 bridgehead atoms. The van der Waals surface area contributed by atoms with Crippen molar-refractivity contribution in [3.8, 4) is 11.1 Å². The normalized spacial score (nSPS) is 12.7. The topological polar surface area (TPSA) is 126 Å². The number of nitrogens with one attached hydrogen (secondary N) is 4. The average Bonchev–Trinajstić information content (AvgIpc) is 3.42. The van der Waals surface area contributed by atoms with Crippen molar-refractivity contribution in [1.82, 2.24) is 30.6 Å². The number of carbonyl (C=O) groups excluding carboxylic acids is 1. The van der Waals surface area contributed by atoms with E-state index in [2.05, 4.69) is 49.5 Å². The summed E-state index contributed by atoms with van der Waals surface area (Å²) in [6.45, 7) is 7.66. The minimum Gasteiger partial charge on any atom is -0.338 e. The Labute approximate surface area is 169 Å². The molecule has 0 aliphatic heterocycles. The van der Waals surface area contributed by atoms with Gasteiger partial charge in [-0.3, -0.25) is 20.0 Å². The lowest BCUT2D eigenvalue weighted by Gasteiger charge is -2.16. The Morgan fingerprint density at radius 2 is 2.17 bits per heavy atom. The molecule has 0 aliphatic carbocycles. The second-order valence-electron chi connectivity index (χ2n) is 6.57. The van der Waals surface area contributed by atoms with E-state index < -0.39 is 6.04 Å². The van der Waals surface area contributed by atoms with Crippen molar-refractivity contribution in [3.63, 3.8) is 0 Å². The van der Waals surface area contributed by atoms with Gasteiger partial charge in [0.25, 0.3) is 5.91 Å². The Balaban J connectivity index is 1.66. The van der Waals surface area contributed by atoms with Crippen LogP contribution in [0, 0.1) is 5.41 Å². The molecule has 2 heterocycles. The van der Waals surface area contributed by atoms with Crippen LogP contribution in [0.3, 0.4) is 0 Å². The summed E-state index contributed by atoms with van der Waals surface area (Å²) in [4.78, 5) is 19.3. The van der Waals surface area contributed by atoms with E-state index in [0.717, 1.165) is 47.9 Å². The van der Waals surface area contributed by atoms with E-state index >= 15 is 0 Å². The first-order chi connectivity index (χ1) is 14.2. The van der Waals surface area contributed by atoms with E-state index in [9.17, 15) is 4.79 Å². The number of aliphatic imine (C=N–C) groups is 1. The summed E-state index contributed by atoms with van der Waals surface area (Å²) < 4.78 is 0. The van der Waals surface area contributed by atoms with Crippen molar-refractivity contribution >= 4 is 29.2 Å². The molecule has 9 nitrogen and oxygen atoms in total. The van der Waals surface area contributed by atoms with Gasteiger partial charge in [-0.25, -0.2) is 0 Å². The van der Waals surface area contributed by atoms with Crippen LogP contribution in [-0.2, 0) is 0 Å². The third-order valence-electron chi connectivity index (χ3n) is 4.79. The molecule has 1 unspecified atom stereocenters. The van der Waals surface area contributed by atoms with Crippen molar-refractivity contribution in [1.29, 1.82) is 5.41 Å². The molecule has 9 heteroatoms. The van der Waals surface area contributed by atoms with Gasteiger partial charge in [-0.1, -0.05) is 19.9 Å². The second-order valence-corrected chi connectivity index (χ2v) is 6.57. The molecule has 0 aliphatic rings. The molecule has 4 N–H and O–H groups in total. The molecule has 0 spiro atoms. The third-order valence-corrected chi connectivity index (χ3v) is 4.79. The first kappa shape index (κ1) is 20.4. The maximum absolute atomic E-state index is 12.7.